The third-order valence-corrected chi connectivity index (χ3v) is 6.27. The minimum Gasteiger partial charge on any atom is -0.399 e. The molecule has 0 bridgehead atoms. The molecule has 7 heteroatoms. The van der Waals surface area contributed by atoms with Crippen LogP contribution in [0.15, 0.2) is 52.1 Å². The first kappa shape index (κ1) is 19.7. The fourth-order valence-electron chi connectivity index (χ4n) is 3.73. The lowest BCUT2D eigenvalue weighted by atomic mass is 9.76. The van der Waals surface area contributed by atoms with Crippen LogP contribution in [0.4, 0.5) is 0 Å². The number of rotatable bonds is 2. The van der Waals surface area contributed by atoms with Crippen LogP contribution in [-0.4, -0.2) is 27.5 Å². The second-order valence-corrected chi connectivity index (χ2v) is 8.58. The number of nitrogens with zero attached hydrogens (tertiary/aromatic N) is 2. The predicted octanol–water partition coefficient (Wildman–Crippen LogP) is 2.30. The van der Waals surface area contributed by atoms with Gasteiger partial charge < -0.3 is 9.31 Å². The normalized spacial score (nSPS) is 17.8. The van der Waals surface area contributed by atoms with Gasteiger partial charge in [0.05, 0.1) is 27.8 Å². The van der Waals surface area contributed by atoms with Gasteiger partial charge in [-0.25, -0.2) is 9.36 Å². The minimum atomic E-state index is -0.569. The van der Waals surface area contributed by atoms with Crippen LogP contribution < -0.4 is 16.7 Å². The van der Waals surface area contributed by atoms with E-state index in [0.29, 0.717) is 16.6 Å². The van der Waals surface area contributed by atoms with E-state index in [0.717, 1.165) is 11.0 Å². The van der Waals surface area contributed by atoms with Gasteiger partial charge in [0.25, 0.3) is 5.56 Å². The van der Waals surface area contributed by atoms with Gasteiger partial charge >= 0.3 is 12.8 Å². The van der Waals surface area contributed by atoms with E-state index in [1.165, 1.54) is 9.13 Å². The second-order valence-electron chi connectivity index (χ2n) is 8.58. The van der Waals surface area contributed by atoms with Crippen LogP contribution >= 0.6 is 0 Å². The number of aromatic nitrogens is 2. The van der Waals surface area contributed by atoms with Gasteiger partial charge in [0.15, 0.2) is 0 Å². The van der Waals surface area contributed by atoms with E-state index in [2.05, 4.69) is 0 Å². The van der Waals surface area contributed by atoms with Crippen molar-refractivity contribution < 1.29 is 9.31 Å². The summed E-state index contributed by atoms with van der Waals surface area (Å²) in [7, 11) is 1.11. The third-order valence-electron chi connectivity index (χ3n) is 6.27. The number of para-hydroxylation sites is 1. The Kier molecular flexibility index (Phi) is 4.37. The molecule has 1 aromatic heterocycles. The first-order valence-corrected chi connectivity index (χ1v) is 9.71. The van der Waals surface area contributed by atoms with Crippen LogP contribution in [0.25, 0.3) is 16.6 Å². The average molecular weight is 392 g/mol. The van der Waals surface area contributed by atoms with E-state index in [1.54, 1.807) is 31.3 Å². The standard InChI is InChI=1S/C22H25BN2O4/c1-14-16(23-28-21(2,3)22(4,5)29-23)11-9-13-17(14)25-19(26)15-10-7-8-12-18(15)24(6)20(25)27/h7-13H,1-6H3. The Bertz CT molecular complexity index is 1220. The Hall–Kier alpha value is -2.64. The van der Waals surface area contributed by atoms with Crippen LogP contribution in [0.1, 0.15) is 33.3 Å². The van der Waals surface area contributed by atoms with Gasteiger partial charge in [-0.1, -0.05) is 24.3 Å². The van der Waals surface area contributed by atoms with E-state index in [9.17, 15) is 9.59 Å². The zero-order valence-electron chi connectivity index (χ0n) is 17.6. The highest BCUT2D eigenvalue weighted by molar-refractivity contribution is 6.62. The van der Waals surface area contributed by atoms with Crippen LogP contribution in [0, 0.1) is 6.92 Å². The van der Waals surface area contributed by atoms with Crippen molar-refractivity contribution in [1.29, 1.82) is 0 Å². The van der Waals surface area contributed by atoms with Crippen molar-refractivity contribution in [1.82, 2.24) is 9.13 Å². The van der Waals surface area contributed by atoms with Crippen molar-refractivity contribution in [2.24, 2.45) is 7.05 Å². The van der Waals surface area contributed by atoms with Crippen molar-refractivity contribution in [3.8, 4) is 5.69 Å². The lowest BCUT2D eigenvalue weighted by Gasteiger charge is -2.32. The summed E-state index contributed by atoms with van der Waals surface area (Å²) in [6.07, 6.45) is 0. The summed E-state index contributed by atoms with van der Waals surface area (Å²) in [4.78, 5) is 26.2. The molecule has 150 valence electrons. The molecule has 29 heavy (non-hydrogen) atoms. The second kappa shape index (κ2) is 6.44. The number of aryl methyl sites for hydroxylation is 1. The largest absolute Gasteiger partial charge is 0.495 e. The fraction of sp³-hybridized carbons (Fsp3) is 0.364. The quantitative estimate of drug-likeness (QED) is 0.628. The maximum absolute atomic E-state index is 13.2. The minimum absolute atomic E-state index is 0.335. The number of fused-ring (bicyclic) bond motifs is 1. The van der Waals surface area contributed by atoms with Gasteiger partial charge in [0, 0.05) is 7.05 Å². The molecule has 2 aromatic carbocycles. The molecule has 0 N–H and O–H groups in total. The van der Waals surface area contributed by atoms with Crippen molar-refractivity contribution in [3.63, 3.8) is 0 Å². The number of hydrogen-bond donors (Lipinski definition) is 0. The van der Waals surface area contributed by atoms with E-state index in [1.807, 2.05) is 52.8 Å². The molecule has 0 atom stereocenters. The molecule has 1 saturated heterocycles. The lowest BCUT2D eigenvalue weighted by molar-refractivity contribution is 0.00578. The number of benzene rings is 2. The van der Waals surface area contributed by atoms with Gasteiger partial charge in [0.2, 0.25) is 0 Å². The van der Waals surface area contributed by atoms with E-state index in [4.69, 9.17) is 9.31 Å². The summed E-state index contributed by atoms with van der Waals surface area (Å²) >= 11 is 0. The van der Waals surface area contributed by atoms with Gasteiger partial charge in [-0.15, -0.1) is 0 Å². The van der Waals surface area contributed by atoms with Crippen molar-refractivity contribution in [2.75, 3.05) is 0 Å². The van der Waals surface area contributed by atoms with E-state index < -0.39 is 18.3 Å². The summed E-state index contributed by atoms with van der Waals surface area (Å²) in [5, 5.41) is 0.495. The lowest BCUT2D eigenvalue weighted by Crippen LogP contribution is -2.41. The van der Waals surface area contributed by atoms with Crippen molar-refractivity contribution in [2.45, 2.75) is 45.8 Å². The van der Waals surface area contributed by atoms with Gasteiger partial charge in [-0.3, -0.25) is 9.36 Å². The molecule has 0 saturated carbocycles. The Morgan fingerprint density at radius 2 is 1.52 bits per heavy atom. The Morgan fingerprint density at radius 3 is 2.17 bits per heavy atom. The maximum atomic E-state index is 13.2. The summed E-state index contributed by atoms with van der Waals surface area (Å²) in [5.41, 5.74) is 1.06. The molecule has 6 nitrogen and oxygen atoms in total. The molecule has 0 radical (unpaired) electrons. The molecule has 1 aliphatic rings. The maximum Gasteiger partial charge on any atom is 0.495 e. The van der Waals surface area contributed by atoms with Gasteiger partial charge in [-0.05, 0) is 63.8 Å². The number of hydrogen-bond acceptors (Lipinski definition) is 4. The highest BCUT2D eigenvalue weighted by atomic mass is 16.7. The molecule has 0 amide bonds. The fourth-order valence-corrected chi connectivity index (χ4v) is 3.73. The molecule has 0 aliphatic carbocycles. The Balaban J connectivity index is 1.93. The first-order chi connectivity index (χ1) is 13.5. The van der Waals surface area contributed by atoms with Crippen LogP contribution in [0.5, 0.6) is 0 Å². The van der Waals surface area contributed by atoms with Crippen LogP contribution in [0.2, 0.25) is 0 Å². The molecule has 0 unspecified atom stereocenters. The Labute approximate surface area is 169 Å². The topological polar surface area (TPSA) is 62.5 Å². The van der Waals surface area contributed by atoms with Gasteiger partial charge in [-0.2, -0.15) is 0 Å². The zero-order valence-corrected chi connectivity index (χ0v) is 17.6. The van der Waals surface area contributed by atoms with Crippen molar-refractivity contribution >= 4 is 23.5 Å². The van der Waals surface area contributed by atoms with Crippen LogP contribution in [-0.2, 0) is 16.4 Å². The molecule has 3 aromatic rings. The summed E-state index contributed by atoms with van der Waals surface area (Å²) in [5.74, 6) is 0. The highest BCUT2D eigenvalue weighted by Crippen LogP contribution is 2.36. The molecule has 0 spiro atoms. The van der Waals surface area contributed by atoms with Crippen molar-refractivity contribution in [3.05, 3.63) is 68.9 Å². The molecular formula is C22H25BN2O4. The van der Waals surface area contributed by atoms with Gasteiger partial charge in [0.1, 0.15) is 0 Å². The predicted molar refractivity (Wildman–Crippen MR) is 115 cm³/mol. The molecule has 2 heterocycles. The first-order valence-electron chi connectivity index (χ1n) is 9.71. The zero-order chi connectivity index (χ0) is 21.1. The SMILES string of the molecule is Cc1c(B2OC(C)(C)C(C)(C)O2)cccc1-n1c(=O)c2ccccc2n(C)c1=O. The highest BCUT2D eigenvalue weighted by Gasteiger charge is 2.52. The average Bonchev–Trinajstić information content (AvgIpc) is 2.88. The molecule has 1 aliphatic heterocycles. The third kappa shape index (κ3) is 2.88. The summed E-state index contributed by atoms with van der Waals surface area (Å²) < 4.78 is 15.1. The van der Waals surface area contributed by atoms with E-state index in [-0.39, 0.29) is 11.2 Å². The monoisotopic (exact) mass is 392 g/mol. The van der Waals surface area contributed by atoms with Crippen LogP contribution in [0.3, 0.4) is 0 Å². The Morgan fingerprint density at radius 1 is 0.897 bits per heavy atom. The summed E-state index contributed by atoms with van der Waals surface area (Å²) in [6, 6.07) is 12.6. The molecule has 4 rings (SSSR count). The van der Waals surface area contributed by atoms with E-state index >= 15 is 0 Å². The molecule has 1 fully saturated rings. The summed E-state index contributed by atoms with van der Waals surface area (Å²) in [6.45, 7) is 9.87. The smallest absolute Gasteiger partial charge is 0.399 e. The molecular weight excluding hydrogens is 367 g/mol.